The monoisotopic (exact) mass is 498 g/mol. The fraction of sp³-hybridized carbons (Fsp3) is 0.300. The zero-order valence-corrected chi connectivity index (χ0v) is 21.2. The summed E-state index contributed by atoms with van der Waals surface area (Å²) in [4.78, 5) is 34.0. The molecular weight excluding hydrogens is 467 g/mol. The van der Waals surface area contributed by atoms with Crippen LogP contribution in [0.4, 0.5) is 14.9 Å². The molecule has 5 rings (SSSR count). The van der Waals surface area contributed by atoms with Crippen LogP contribution in [-0.4, -0.2) is 20.5 Å². The van der Waals surface area contributed by atoms with Gasteiger partial charge in [-0.05, 0) is 61.6 Å². The van der Waals surface area contributed by atoms with Gasteiger partial charge in [0, 0.05) is 12.2 Å². The molecule has 190 valence electrons. The molecule has 2 atom stereocenters. The van der Waals surface area contributed by atoms with Gasteiger partial charge in [0.15, 0.2) is 0 Å². The average molecular weight is 499 g/mol. The molecule has 2 unspecified atom stereocenters. The summed E-state index contributed by atoms with van der Waals surface area (Å²) >= 11 is 0. The number of carbonyl (C=O) groups excluding carboxylic acids is 1. The lowest BCUT2D eigenvalue weighted by atomic mass is 9.99. The summed E-state index contributed by atoms with van der Waals surface area (Å²) in [6.07, 6.45) is 3.20. The van der Waals surface area contributed by atoms with Crippen LogP contribution in [0.25, 0.3) is 10.9 Å². The summed E-state index contributed by atoms with van der Waals surface area (Å²) < 4.78 is 15.5. The molecule has 0 aliphatic carbocycles. The maximum Gasteiger partial charge on any atom is 0.322 e. The van der Waals surface area contributed by atoms with E-state index in [0.29, 0.717) is 30.7 Å². The number of para-hydroxylation sites is 1. The number of benzene rings is 3. The first-order valence-electron chi connectivity index (χ1n) is 12.9. The molecule has 0 fully saturated rings. The van der Waals surface area contributed by atoms with Crippen LogP contribution < -0.4 is 10.9 Å². The number of amides is 2. The van der Waals surface area contributed by atoms with Gasteiger partial charge in [0.25, 0.3) is 5.56 Å². The van der Waals surface area contributed by atoms with Crippen molar-refractivity contribution in [3.8, 4) is 0 Å². The highest BCUT2D eigenvalue weighted by Crippen LogP contribution is 2.36. The molecule has 7 heteroatoms. The van der Waals surface area contributed by atoms with Crippen LogP contribution in [0.1, 0.15) is 62.1 Å². The molecule has 37 heavy (non-hydrogen) atoms. The van der Waals surface area contributed by atoms with Crippen molar-refractivity contribution in [2.45, 2.75) is 58.2 Å². The van der Waals surface area contributed by atoms with Gasteiger partial charge in [-0.15, -0.1) is 0 Å². The van der Waals surface area contributed by atoms with Gasteiger partial charge in [-0.25, -0.2) is 14.2 Å². The first-order chi connectivity index (χ1) is 18.0. The fourth-order valence-corrected chi connectivity index (χ4v) is 5.30. The standard InChI is InChI=1S/C30H31FN4O2/c1-3-10-22-13-7-8-14-25(22)33-30(37)35(20(2)21-11-5-4-6-12-21)27-15-9-18-34-28(27)32-26-17-16-23(31)19-24(26)29(34)36/h4-8,11-14,16-17,19-20,27H,3,9-10,15,18H2,1-2H3,(H,33,37). The molecule has 0 bridgehead atoms. The Morgan fingerprint density at radius 2 is 1.89 bits per heavy atom. The number of halogens is 1. The summed E-state index contributed by atoms with van der Waals surface area (Å²) in [6, 6.07) is 20.9. The van der Waals surface area contributed by atoms with Gasteiger partial charge in [0.2, 0.25) is 0 Å². The Hall–Kier alpha value is -4.00. The molecule has 0 spiro atoms. The summed E-state index contributed by atoms with van der Waals surface area (Å²) in [5.41, 5.74) is 3.02. The zero-order valence-electron chi connectivity index (χ0n) is 21.2. The highest BCUT2D eigenvalue weighted by Gasteiger charge is 2.35. The number of fused-ring (bicyclic) bond motifs is 2. The van der Waals surface area contributed by atoms with Crippen molar-refractivity contribution >= 4 is 22.6 Å². The number of urea groups is 1. The van der Waals surface area contributed by atoms with E-state index in [1.807, 2.05) is 66.4 Å². The first-order valence-corrected chi connectivity index (χ1v) is 12.9. The van der Waals surface area contributed by atoms with Crippen molar-refractivity contribution < 1.29 is 9.18 Å². The molecule has 0 saturated heterocycles. The molecule has 1 aromatic heterocycles. The van der Waals surface area contributed by atoms with Gasteiger partial charge in [-0.3, -0.25) is 9.36 Å². The highest BCUT2D eigenvalue weighted by molar-refractivity contribution is 5.91. The topological polar surface area (TPSA) is 67.2 Å². The highest BCUT2D eigenvalue weighted by atomic mass is 19.1. The van der Waals surface area contributed by atoms with E-state index in [2.05, 4.69) is 12.2 Å². The molecular formula is C30H31FN4O2. The number of hydrogen-bond acceptors (Lipinski definition) is 3. The number of aryl methyl sites for hydroxylation is 1. The van der Waals surface area contributed by atoms with E-state index in [4.69, 9.17) is 4.98 Å². The largest absolute Gasteiger partial charge is 0.322 e. The van der Waals surface area contributed by atoms with Gasteiger partial charge in [0.1, 0.15) is 11.6 Å². The minimum atomic E-state index is -0.469. The Balaban J connectivity index is 1.61. The number of hydrogen-bond donors (Lipinski definition) is 1. The van der Waals surface area contributed by atoms with Crippen molar-refractivity contribution in [3.63, 3.8) is 0 Å². The van der Waals surface area contributed by atoms with Gasteiger partial charge in [-0.2, -0.15) is 0 Å². The zero-order chi connectivity index (χ0) is 25.9. The maximum atomic E-state index is 14.0. The molecule has 1 N–H and O–H groups in total. The molecule has 3 aromatic carbocycles. The molecule has 0 saturated carbocycles. The normalized spacial score (nSPS) is 15.7. The molecule has 1 aliphatic rings. The number of carbonyl (C=O) groups is 1. The smallest absolute Gasteiger partial charge is 0.308 e. The summed E-state index contributed by atoms with van der Waals surface area (Å²) in [6.45, 7) is 4.60. The van der Waals surface area contributed by atoms with Crippen molar-refractivity contribution in [1.29, 1.82) is 0 Å². The summed E-state index contributed by atoms with van der Waals surface area (Å²) in [5.74, 6) is 0.0684. The summed E-state index contributed by atoms with van der Waals surface area (Å²) in [5, 5.41) is 3.41. The predicted octanol–water partition coefficient (Wildman–Crippen LogP) is 6.62. The lowest BCUT2D eigenvalue weighted by Gasteiger charge is -2.39. The third kappa shape index (κ3) is 4.86. The number of nitrogens with zero attached hydrogens (tertiary/aromatic N) is 3. The molecule has 2 heterocycles. The number of rotatable bonds is 6. The van der Waals surface area contributed by atoms with Gasteiger partial charge < -0.3 is 10.2 Å². The number of aromatic nitrogens is 2. The van der Waals surface area contributed by atoms with Crippen molar-refractivity contribution in [3.05, 3.63) is 106 Å². The van der Waals surface area contributed by atoms with E-state index < -0.39 is 11.9 Å². The molecule has 4 aromatic rings. The Morgan fingerprint density at radius 3 is 2.68 bits per heavy atom. The molecule has 0 radical (unpaired) electrons. The van der Waals surface area contributed by atoms with Crippen molar-refractivity contribution in [2.24, 2.45) is 0 Å². The number of anilines is 1. The molecule has 6 nitrogen and oxygen atoms in total. The SMILES string of the molecule is CCCc1ccccc1NC(=O)N(C(C)c1ccccc1)C1CCCn2c1nc1ccc(F)cc1c2=O. The Morgan fingerprint density at radius 1 is 1.14 bits per heavy atom. The van der Waals surface area contributed by atoms with Crippen LogP contribution in [-0.2, 0) is 13.0 Å². The van der Waals surface area contributed by atoms with Crippen LogP contribution in [0.2, 0.25) is 0 Å². The Labute approximate surface area is 215 Å². The quantitative estimate of drug-likeness (QED) is 0.325. The maximum absolute atomic E-state index is 14.0. The Kier molecular flexibility index (Phi) is 7.04. The van der Waals surface area contributed by atoms with Crippen LogP contribution >= 0.6 is 0 Å². The van der Waals surface area contributed by atoms with Crippen molar-refractivity contribution in [2.75, 3.05) is 5.32 Å². The van der Waals surface area contributed by atoms with Gasteiger partial charge in [-0.1, -0.05) is 61.9 Å². The average Bonchev–Trinajstić information content (AvgIpc) is 2.91. The fourth-order valence-electron chi connectivity index (χ4n) is 5.30. The third-order valence-corrected chi connectivity index (χ3v) is 7.15. The first kappa shape index (κ1) is 24.7. The van der Waals surface area contributed by atoms with E-state index in [1.54, 1.807) is 4.57 Å². The van der Waals surface area contributed by atoms with Gasteiger partial charge >= 0.3 is 6.03 Å². The van der Waals surface area contributed by atoms with E-state index in [1.165, 1.54) is 18.2 Å². The van der Waals surface area contributed by atoms with E-state index >= 15 is 0 Å². The van der Waals surface area contributed by atoms with E-state index in [0.717, 1.165) is 29.7 Å². The lowest BCUT2D eigenvalue weighted by molar-refractivity contribution is 0.140. The predicted molar refractivity (Wildman–Crippen MR) is 144 cm³/mol. The minimum Gasteiger partial charge on any atom is -0.308 e. The second kappa shape index (κ2) is 10.5. The van der Waals surface area contributed by atoms with E-state index in [-0.39, 0.29) is 23.0 Å². The second-order valence-electron chi connectivity index (χ2n) is 9.58. The third-order valence-electron chi connectivity index (χ3n) is 7.15. The van der Waals surface area contributed by atoms with Crippen LogP contribution in [0.3, 0.4) is 0 Å². The summed E-state index contributed by atoms with van der Waals surface area (Å²) in [7, 11) is 0. The minimum absolute atomic E-state index is 0.244. The van der Waals surface area contributed by atoms with Gasteiger partial charge in [0.05, 0.1) is 23.0 Å². The molecule has 1 aliphatic heterocycles. The Bertz CT molecular complexity index is 1480. The number of nitrogens with one attached hydrogen (secondary N) is 1. The van der Waals surface area contributed by atoms with Crippen LogP contribution in [0.15, 0.2) is 77.6 Å². The second-order valence-corrected chi connectivity index (χ2v) is 9.58. The van der Waals surface area contributed by atoms with Crippen LogP contribution in [0, 0.1) is 5.82 Å². The van der Waals surface area contributed by atoms with E-state index in [9.17, 15) is 14.0 Å². The lowest BCUT2D eigenvalue weighted by Crippen LogP contribution is -2.44. The van der Waals surface area contributed by atoms with Crippen molar-refractivity contribution in [1.82, 2.24) is 14.5 Å². The molecule has 2 amide bonds. The van der Waals surface area contributed by atoms with Crippen LogP contribution in [0.5, 0.6) is 0 Å².